The molecule has 0 bridgehead atoms. The van der Waals surface area contributed by atoms with Crippen LogP contribution in [0.3, 0.4) is 0 Å². The summed E-state index contributed by atoms with van der Waals surface area (Å²) in [5.74, 6) is -0.648. The van der Waals surface area contributed by atoms with Crippen LogP contribution in [0.2, 0.25) is 5.02 Å². The van der Waals surface area contributed by atoms with Crippen LogP contribution in [0.5, 0.6) is 0 Å². The lowest BCUT2D eigenvalue weighted by Gasteiger charge is -2.01. The fourth-order valence-corrected chi connectivity index (χ4v) is 2.05. The van der Waals surface area contributed by atoms with Crippen molar-refractivity contribution in [2.24, 2.45) is 0 Å². The van der Waals surface area contributed by atoms with Crippen molar-refractivity contribution >= 4 is 34.0 Å². The summed E-state index contributed by atoms with van der Waals surface area (Å²) in [5.41, 5.74) is 0.173. The highest BCUT2D eigenvalue weighted by atomic mass is 35.5. The molecule has 8 heteroatoms. The molecule has 2 aromatic heterocycles. The molecule has 0 radical (unpaired) electrons. The van der Waals surface area contributed by atoms with E-state index in [0.29, 0.717) is 21.4 Å². The fraction of sp³-hybridized carbons (Fsp3) is 0.0909. The predicted molar refractivity (Wildman–Crippen MR) is 67.5 cm³/mol. The highest BCUT2D eigenvalue weighted by Crippen LogP contribution is 2.22. The second kappa shape index (κ2) is 4.06. The number of hydrogen-bond donors (Lipinski definition) is 1. The molecule has 2 heterocycles. The van der Waals surface area contributed by atoms with Gasteiger partial charge in [0.2, 0.25) is 0 Å². The minimum atomic E-state index is -0.648. The Kier molecular flexibility index (Phi) is 2.49. The molecule has 0 atom stereocenters. The van der Waals surface area contributed by atoms with Crippen LogP contribution < -0.4 is 5.69 Å². The lowest BCUT2D eigenvalue weighted by molar-refractivity contribution is 0.0596. The topological polar surface area (TPSA) is 89.4 Å². The highest BCUT2D eigenvalue weighted by molar-refractivity contribution is 6.31. The number of aromatic amines is 1. The molecule has 0 unspecified atom stereocenters. The molecule has 96 valence electrons. The summed E-state index contributed by atoms with van der Waals surface area (Å²) in [6, 6.07) is 4.83. The third kappa shape index (κ3) is 1.66. The van der Waals surface area contributed by atoms with Crippen molar-refractivity contribution in [3.05, 3.63) is 39.4 Å². The Morgan fingerprint density at radius 1 is 1.47 bits per heavy atom. The Hall–Kier alpha value is -2.41. The first-order valence-corrected chi connectivity index (χ1v) is 5.64. The van der Waals surface area contributed by atoms with Gasteiger partial charge < -0.3 is 4.74 Å². The smallest absolute Gasteiger partial charge is 0.368 e. The minimum absolute atomic E-state index is 0.00858. The molecule has 1 N–H and O–H groups in total. The first-order chi connectivity index (χ1) is 9.11. The van der Waals surface area contributed by atoms with Crippen LogP contribution in [0, 0.1) is 0 Å². The van der Waals surface area contributed by atoms with Crippen molar-refractivity contribution < 1.29 is 9.53 Å². The van der Waals surface area contributed by atoms with Gasteiger partial charge >= 0.3 is 11.7 Å². The Balaban J connectivity index is 2.55. The number of methoxy groups -OCH3 is 1. The molecule has 3 rings (SSSR count). The van der Waals surface area contributed by atoms with E-state index in [-0.39, 0.29) is 5.69 Å². The maximum atomic E-state index is 11.8. The molecule has 7 nitrogen and oxygen atoms in total. The van der Waals surface area contributed by atoms with E-state index in [4.69, 9.17) is 11.6 Å². The summed E-state index contributed by atoms with van der Waals surface area (Å²) in [5, 5.41) is 7.23. The molecule has 0 aliphatic heterocycles. The zero-order chi connectivity index (χ0) is 13.6. The van der Waals surface area contributed by atoms with E-state index < -0.39 is 11.7 Å². The van der Waals surface area contributed by atoms with Crippen molar-refractivity contribution in [2.45, 2.75) is 0 Å². The van der Waals surface area contributed by atoms with Gasteiger partial charge in [0.25, 0.3) is 0 Å². The molecule has 0 fully saturated rings. The monoisotopic (exact) mass is 278 g/mol. The van der Waals surface area contributed by atoms with E-state index in [0.717, 1.165) is 4.52 Å². The van der Waals surface area contributed by atoms with E-state index in [2.05, 4.69) is 20.0 Å². The third-order valence-corrected chi connectivity index (χ3v) is 2.94. The summed E-state index contributed by atoms with van der Waals surface area (Å²) < 4.78 is 5.71. The number of nitrogens with one attached hydrogen (secondary N) is 1. The lowest BCUT2D eigenvalue weighted by atomic mass is 10.2. The number of carbonyl (C=O) groups is 1. The molecule has 0 amide bonds. The first kappa shape index (κ1) is 11.7. The van der Waals surface area contributed by atoms with Crippen LogP contribution in [0.1, 0.15) is 10.5 Å². The van der Waals surface area contributed by atoms with Crippen molar-refractivity contribution in [1.29, 1.82) is 0 Å². The van der Waals surface area contributed by atoms with Crippen LogP contribution in [0.25, 0.3) is 16.4 Å². The maximum absolute atomic E-state index is 11.8. The molecule has 0 saturated carbocycles. The molecule has 0 spiro atoms. The van der Waals surface area contributed by atoms with Crippen LogP contribution in [0.4, 0.5) is 0 Å². The third-order valence-electron chi connectivity index (χ3n) is 2.71. The van der Waals surface area contributed by atoms with Crippen molar-refractivity contribution in [1.82, 2.24) is 19.8 Å². The van der Waals surface area contributed by atoms with Crippen LogP contribution in [-0.4, -0.2) is 32.9 Å². The van der Waals surface area contributed by atoms with Gasteiger partial charge in [-0.3, -0.25) is 0 Å². The lowest BCUT2D eigenvalue weighted by Crippen LogP contribution is -2.17. The number of rotatable bonds is 1. The number of ether oxygens (including phenoxy) is 1. The van der Waals surface area contributed by atoms with Crippen molar-refractivity contribution in [3.8, 4) is 0 Å². The van der Waals surface area contributed by atoms with Crippen molar-refractivity contribution in [3.63, 3.8) is 0 Å². The van der Waals surface area contributed by atoms with E-state index in [1.54, 1.807) is 18.2 Å². The molecular formula is C11H7ClN4O3. The fourth-order valence-electron chi connectivity index (χ4n) is 1.88. The van der Waals surface area contributed by atoms with E-state index in [1.807, 2.05) is 0 Å². The van der Waals surface area contributed by atoms with Gasteiger partial charge in [-0.2, -0.15) is 9.50 Å². The van der Waals surface area contributed by atoms with Gasteiger partial charge in [-0.1, -0.05) is 11.6 Å². The summed E-state index contributed by atoms with van der Waals surface area (Å²) in [4.78, 5) is 27.3. The summed E-state index contributed by atoms with van der Waals surface area (Å²) in [6.45, 7) is 0. The summed E-state index contributed by atoms with van der Waals surface area (Å²) >= 11 is 5.93. The van der Waals surface area contributed by atoms with Gasteiger partial charge in [-0.25, -0.2) is 14.8 Å². The van der Waals surface area contributed by atoms with Gasteiger partial charge in [0.15, 0.2) is 5.69 Å². The normalized spacial score (nSPS) is 11.1. The minimum Gasteiger partial charge on any atom is -0.464 e. The number of hydrogen-bond acceptors (Lipinski definition) is 5. The largest absolute Gasteiger partial charge is 0.464 e. The summed E-state index contributed by atoms with van der Waals surface area (Å²) in [7, 11) is 1.24. The standard InChI is InChI=1S/C11H7ClN4O3/c1-19-10(17)8-9-6-4-5(12)2-3-7(6)13-11(18)16(9)15-14-8/h2-4,15H,1H3. The molecule has 0 aliphatic rings. The number of benzene rings is 1. The quantitative estimate of drug-likeness (QED) is 0.671. The Morgan fingerprint density at radius 3 is 3.00 bits per heavy atom. The van der Waals surface area contributed by atoms with Crippen LogP contribution >= 0.6 is 11.6 Å². The van der Waals surface area contributed by atoms with E-state index in [1.165, 1.54) is 7.11 Å². The molecule has 3 aromatic rings. The molecule has 0 saturated heterocycles. The molecule has 1 aromatic carbocycles. The van der Waals surface area contributed by atoms with Gasteiger partial charge in [0.05, 0.1) is 12.6 Å². The number of H-pyrrole nitrogens is 1. The SMILES string of the molecule is COC(=O)c1n[nH]n2c(=O)nc3ccc(Cl)cc3c12. The van der Waals surface area contributed by atoms with Gasteiger partial charge in [-0.05, 0) is 18.2 Å². The van der Waals surface area contributed by atoms with E-state index in [9.17, 15) is 9.59 Å². The summed E-state index contributed by atoms with van der Waals surface area (Å²) in [6.07, 6.45) is 0. The highest BCUT2D eigenvalue weighted by Gasteiger charge is 2.19. The second-order valence-corrected chi connectivity index (χ2v) is 4.23. The second-order valence-electron chi connectivity index (χ2n) is 3.79. The first-order valence-electron chi connectivity index (χ1n) is 5.26. The number of aromatic nitrogens is 4. The number of fused-ring (bicyclic) bond motifs is 3. The Morgan fingerprint density at radius 2 is 2.26 bits per heavy atom. The zero-order valence-corrected chi connectivity index (χ0v) is 10.4. The predicted octanol–water partition coefficient (Wildman–Crippen LogP) is 1.01. The van der Waals surface area contributed by atoms with Gasteiger partial charge in [0, 0.05) is 10.4 Å². The zero-order valence-electron chi connectivity index (χ0n) is 9.68. The Bertz CT molecular complexity index is 867. The number of halogens is 1. The number of carbonyl (C=O) groups excluding carboxylic acids is 1. The number of nitrogens with zero attached hydrogens (tertiary/aromatic N) is 3. The maximum Gasteiger partial charge on any atom is 0.368 e. The van der Waals surface area contributed by atoms with Gasteiger partial charge in [0.1, 0.15) is 5.52 Å². The van der Waals surface area contributed by atoms with Crippen LogP contribution in [0.15, 0.2) is 23.0 Å². The van der Waals surface area contributed by atoms with Crippen molar-refractivity contribution in [2.75, 3.05) is 7.11 Å². The molecule has 19 heavy (non-hydrogen) atoms. The van der Waals surface area contributed by atoms with Gasteiger partial charge in [-0.15, -0.1) is 5.10 Å². The Labute approximate surface area is 110 Å². The number of esters is 1. The average Bonchev–Trinajstić information content (AvgIpc) is 2.84. The molecule has 0 aliphatic carbocycles. The van der Waals surface area contributed by atoms with Crippen LogP contribution in [-0.2, 0) is 4.74 Å². The molecular weight excluding hydrogens is 272 g/mol. The van der Waals surface area contributed by atoms with E-state index >= 15 is 0 Å². The average molecular weight is 279 g/mol.